The maximum Gasteiger partial charge on any atom is 0.165 e. The summed E-state index contributed by atoms with van der Waals surface area (Å²) in [4.78, 5) is 8.71. The monoisotopic (exact) mass is 291 g/mol. The van der Waals surface area contributed by atoms with Gasteiger partial charge in [0.2, 0.25) is 0 Å². The van der Waals surface area contributed by atoms with Gasteiger partial charge >= 0.3 is 0 Å². The summed E-state index contributed by atoms with van der Waals surface area (Å²) >= 11 is 0. The Morgan fingerprint density at radius 2 is 2.05 bits per heavy atom. The van der Waals surface area contributed by atoms with Gasteiger partial charge in [0.25, 0.3) is 0 Å². The molecule has 1 N–H and O–H groups in total. The molecule has 0 aliphatic heterocycles. The van der Waals surface area contributed by atoms with Crippen LogP contribution in [0.5, 0.6) is 5.75 Å². The summed E-state index contributed by atoms with van der Waals surface area (Å²) in [5.74, 6) is 0.989. The van der Waals surface area contributed by atoms with Gasteiger partial charge in [-0.1, -0.05) is 0 Å². The smallest absolute Gasteiger partial charge is 0.165 e. The van der Waals surface area contributed by atoms with Crippen molar-refractivity contribution >= 4 is 5.82 Å². The van der Waals surface area contributed by atoms with Crippen LogP contribution in [-0.4, -0.2) is 30.7 Å². The van der Waals surface area contributed by atoms with E-state index in [9.17, 15) is 4.39 Å². The molecule has 1 aromatic heterocycles. The molecular formula is C15H18FN3O2. The third-order valence-corrected chi connectivity index (χ3v) is 2.91. The predicted octanol–water partition coefficient (Wildman–Crippen LogP) is 2.87. The number of aromatic nitrogens is 2. The van der Waals surface area contributed by atoms with Gasteiger partial charge in [-0.3, -0.25) is 0 Å². The highest BCUT2D eigenvalue weighted by Crippen LogP contribution is 2.25. The quantitative estimate of drug-likeness (QED) is 0.887. The summed E-state index contributed by atoms with van der Waals surface area (Å²) < 4.78 is 24.1. The SMILES string of the molecule is CCOCc1nc(NC)cc(-c2ccc(OC)c(F)c2)n1. The first-order valence-corrected chi connectivity index (χ1v) is 6.65. The van der Waals surface area contributed by atoms with Gasteiger partial charge in [-0.25, -0.2) is 14.4 Å². The fourth-order valence-electron chi connectivity index (χ4n) is 1.86. The average molecular weight is 291 g/mol. The number of benzene rings is 1. The lowest BCUT2D eigenvalue weighted by atomic mass is 10.1. The van der Waals surface area contributed by atoms with Crippen molar-refractivity contribution in [3.8, 4) is 17.0 Å². The lowest BCUT2D eigenvalue weighted by Crippen LogP contribution is -2.04. The van der Waals surface area contributed by atoms with E-state index in [1.54, 1.807) is 25.2 Å². The van der Waals surface area contributed by atoms with Gasteiger partial charge in [0.15, 0.2) is 17.4 Å². The van der Waals surface area contributed by atoms with Gasteiger partial charge in [-0.05, 0) is 25.1 Å². The highest BCUT2D eigenvalue weighted by molar-refractivity contribution is 5.63. The summed E-state index contributed by atoms with van der Waals surface area (Å²) in [6.07, 6.45) is 0. The normalized spacial score (nSPS) is 10.5. The molecule has 0 saturated heterocycles. The Labute approximate surface area is 123 Å². The number of anilines is 1. The minimum Gasteiger partial charge on any atom is -0.494 e. The molecule has 0 bridgehead atoms. The van der Waals surface area contributed by atoms with Crippen molar-refractivity contribution in [3.63, 3.8) is 0 Å². The maximum atomic E-state index is 13.8. The van der Waals surface area contributed by atoms with Crippen molar-refractivity contribution in [1.29, 1.82) is 0 Å². The number of ether oxygens (including phenoxy) is 2. The second-order valence-electron chi connectivity index (χ2n) is 4.29. The molecule has 0 aliphatic rings. The van der Waals surface area contributed by atoms with E-state index < -0.39 is 5.82 Å². The average Bonchev–Trinajstić information content (AvgIpc) is 2.52. The number of methoxy groups -OCH3 is 1. The van der Waals surface area contributed by atoms with Gasteiger partial charge in [0.05, 0.1) is 12.8 Å². The Bertz CT molecular complexity index is 620. The van der Waals surface area contributed by atoms with E-state index >= 15 is 0 Å². The van der Waals surface area contributed by atoms with E-state index in [0.717, 1.165) is 0 Å². The molecule has 0 amide bonds. The maximum absolute atomic E-state index is 13.8. The zero-order chi connectivity index (χ0) is 15.2. The number of hydrogen-bond donors (Lipinski definition) is 1. The van der Waals surface area contributed by atoms with Crippen molar-refractivity contribution in [1.82, 2.24) is 9.97 Å². The first-order valence-electron chi connectivity index (χ1n) is 6.65. The van der Waals surface area contributed by atoms with Crippen LogP contribution in [0.1, 0.15) is 12.7 Å². The van der Waals surface area contributed by atoms with E-state index in [2.05, 4.69) is 15.3 Å². The second-order valence-corrected chi connectivity index (χ2v) is 4.29. The molecule has 0 atom stereocenters. The van der Waals surface area contributed by atoms with Crippen LogP contribution >= 0.6 is 0 Å². The van der Waals surface area contributed by atoms with Gasteiger partial charge in [-0.15, -0.1) is 0 Å². The van der Waals surface area contributed by atoms with Crippen molar-refractivity contribution in [2.45, 2.75) is 13.5 Å². The highest BCUT2D eigenvalue weighted by Gasteiger charge is 2.09. The molecule has 0 aliphatic carbocycles. The Morgan fingerprint density at radius 1 is 1.24 bits per heavy atom. The van der Waals surface area contributed by atoms with Crippen LogP contribution in [0.4, 0.5) is 10.2 Å². The summed E-state index contributed by atoms with van der Waals surface area (Å²) in [5.41, 5.74) is 1.29. The minimum atomic E-state index is -0.425. The molecule has 1 aromatic carbocycles. The van der Waals surface area contributed by atoms with E-state index in [0.29, 0.717) is 36.1 Å². The van der Waals surface area contributed by atoms with E-state index in [-0.39, 0.29) is 5.75 Å². The standard InChI is InChI=1S/C15H18FN3O2/c1-4-21-9-15-18-12(8-14(17-2)19-15)10-5-6-13(20-3)11(16)7-10/h5-8H,4,9H2,1-3H3,(H,17,18,19). The molecule has 0 spiro atoms. The van der Waals surface area contributed by atoms with Crippen LogP contribution in [-0.2, 0) is 11.3 Å². The Hall–Kier alpha value is -2.21. The molecular weight excluding hydrogens is 273 g/mol. The fourth-order valence-corrected chi connectivity index (χ4v) is 1.86. The molecule has 1 heterocycles. The van der Waals surface area contributed by atoms with Crippen LogP contribution in [0.2, 0.25) is 0 Å². The first kappa shape index (κ1) is 15.2. The minimum absolute atomic E-state index is 0.205. The molecule has 2 aromatic rings. The van der Waals surface area contributed by atoms with Gasteiger partial charge in [0.1, 0.15) is 12.4 Å². The highest BCUT2D eigenvalue weighted by atomic mass is 19.1. The molecule has 0 saturated carbocycles. The predicted molar refractivity (Wildman–Crippen MR) is 78.9 cm³/mol. The molecule has 21 heavy (non-hydrogen) atoms. The van der Waals surface area contributed by atoms with Crippen molar-refractivity contribution in [2.75, 3.05) is 26.1 Å². The first-order chi connectivity index (χ1) is 10.2. The molecule has 0 radical (unpaired) electrons. The van der Waals surface area contributed by atoms with Crippen molar-refractivity contribution < 1.29 is 13.9 Å². The molecule has 5 nitrogen and oxygen atoms in total. The summed E-state index contributed by atoms with van der Waals surface area (Å²) in [6.45, 7) is 2.80. The fraction of sp³-hybridized carbons (Fsp3) is 0.333. The van der Waals surface area contributed by atoms with Crippen molar-refractivity contribution in [2.24, 2.45) is 0 Å². The largest absolute Gasteiger partial charge is 0.494 e. The Morgan fingerprint density at radius 3 is 2.67 bits per heavy atom. The zero-order valence-corrected chi connectivity index (χ0v) is 12.3. The molecule has 0 fully saturated rings. The Kier molecular flexibility index (Phi) is 5.05. The number of rotatable bonds is 6. The van der Waals surface area contributed by atoms with Gasteiger partial charge in [-0.2, -0.15) is 0 Å². The van der Waals surface area contributed by atoms with Crippen LogP contribution < -0.4 is 10.1 Å². The summed E-state index contributed by atoms with van der Waals surface area (Å²) in [5, 5.41) is 2.97. The topological polar surface area (TPSA) is 56.3 Å². The summed E-state index contributed by atoms with van der Waals surface area (Å²) in [6, 6.07) is 6.49. The van der Waals surface area contributed by atoms with E-state index in [1.165, 1.54) is 13.2 Å². The number of halogens is 1. The van der Waals surface area contributed by atoms with E-state index in [4.69, 9.17) is 9.47 Å². The van der Waals surface area contributed by atoms with Crippen LogP contribution in [0, 0.1) is 5.82 Å². The second kappa shape index (κ2) is 6.99. The number of hydrogen-bond acceptors (Lipinski definition) is 5. The summed E-state index contributed by atoms with van der Waals surface area (Å²) in [7, 11) is 3.20. The molecule has 6 heteroatoms. The Balaban J connectivity index is 2.39. The molecule has 112 valence electrons. The van der Waals surface area contributed by atoms with Crippen molar-refractivity contribution in [3.05, 3.63) is 35.9 Å². The van der Waals surface area contributed by atoms with Gasteiger partial charge < -0.3 is 14.8 Å². The van der Waals surface area contributed by atoms with Gasteiger partial charge in [0, 0.05) is 25.3 Å². The lowest BCUT2D eigenvalue weighted by Gasteiger charge is -2.09. The number of nitrogens with one attached hydrogen (secondary N) is 1. The van der Waals surface area contributed by atoms with E-state index in [1.807, 2.05) is 6.92 Å². The third kappa shape index (κ3) is 3.66. The zero-order valence-electron chi connectivity index (χ0n) is 12.3. The van der Waals surface area contributed by atoms with Crippen LogP contribution in [0.15, 0.2) is 24.3 Å². The number of nitrogens with zero attached hydrogens (tertiary/aromatic N) is 2. The third-order valence-electron chi connectivity index (χ3n) is 2.91. The van der Waals surface area contributed by atoms with Crippen LogP contribution in [0.3, 0.4) is 0 Å². The van der Waals surface area contributed by atoms with Crippen LogP contribution in [0.25, 0.3) is 11.3 Å². The molecule has 0 unspecified atom stereocenters. The lowest BCUT2D eigenvalue weighted by molar-refractivity contribution is 0.128. The molecule has 2 rings (SSSR count).